The topological polar surface area (TPSA) is 21.3 Å². The van der Waals surface area contributed by atoms with Crippen LogP contribution in [-0.2, 0) is 4.74 Å². The van der Waals surface area contributed by atoms with E-state index >= 15 is 0 Å². The predicted molar refractivity (Wildman–Crippen MR) is 90.9 cm³/mol. The van der Waals surface area contributed by atoms with Crippen molar-refractivity contribution in [2.24, 2.45) is 0 Å². The molecule has 1 aliphatic rings. The molecule has 122 valence electrons. The largest absolute Gasteiger partial charge is 0.376 e. The van der Waals surface area contributed by atoms with Gasteiger partial charge in [0.15, 0.2) is 0 Å². The molecule has 0 saturated carbocycles. The van der Waals surface area contributed by atoms with E-state index in [4.69, 9.17) is 4.74 Å². The highest BCUT2D eigenvalue weighted by Gasteiger charge is 2.11. The summed E-state index contributed by atoms with van der Waals surface area (Å²) in [6.45, 7) is 5.30. The number of hydrogen-bond acceptors (Lipinski definition) is 2. The van der Waals surface area contributed by atoms with Crippen molar-refractivity contribution in [3.05, 3.63) is 0 Å². The van der Waals surface area contributed by atoms with Crippen molar-refractivity contribution in [3.8, 4) is 0 Å². The number of halogens is 1. The predicted octanol–water partition coefficient (Wildman–Crippen LogP) is 5.10. The van der Waals surface area contributed by atoms with Gasteiger partial charge >= 0.3 is 0 Å². The quantitative estimate of drug-likeness (QED) is 0.507. The highest BCUT2D eigenvalue weighted by molar-refractivity contribution is 5.85. The van der Waals surface area contributed by atoms with Crippen molar-refractivity contribution in [2.45, 2.75) is 90.1 Å². The summed E-state index contributed by atoms with van der Waals surface area (Å²) in [6, 6.07) is 0. The van der Waals surface area contributed by atoms with Gasteiger partial charge in [-0.05, 0) is 6.42 Å². The summed E-state index contributed by atoms with van der Waals surface area (Å²) in [5.41, 5.74) is 0. The molecule has 0 aromatic carbocycles. The standard InChI is InChI=1S/C17H35NO.ClH/c1-2-3-4-5-6-7-8-9-10-11-12-13-17-16-18-14-15-19-17;/h17-18H,2-16H2,1H3;1H. The zero-order valence-corrected chi connectivity index (χ0v) is 14.3. The third-order valence-electron chi connectivity index (χ3n) is 4.13. The van der Waals surface area contributed by atoms with E-state index in [1.807, 2.05) is 0 Å². The molecule has 20 heavy (non-hydrogen) atoms. The normalized spacial score (nSPS) is 18.8. The lowest BCUT2D eigenvalue weighted by molar-refractivity contribution is 0.0220. The third kappa shape index (κ3) is 12.0. The number of nitrogens with one attached hydrogen (secondary N) is 1. The first-order valence-corrected chi connectivity index (χ1v) is 8.76. The summed E-state index contributed by atoms with van der Waals surface area (Å²) in [7, 11) is 0. The molecule has 0 aromatic heterocycles. The Morgan fingerprint density at radius 3 is 1.90 bits per heavy atom. The number of morpholine rings is 1. The van der Waals surface area contributed by atoms with E-state index in [1.165, 1.54) is 77.0 Å². The first-order chi connectivity index (χ1) is 9.43. The van der Waals surface area contributed by atoms with E-state index in [-0.39, 0.29) is 12.4 Å². The third-order valence-corrected chi connectivity index (χ3v) is 4.13. The van der Waals surface area contributed by atoms with Crippen LogP contribution in [0.3, 0.4) is 0 Å². The molecule has 0 amide bonds. The van der Waals surface area contributed by atoms with Gasteiger partial charge in [0, 0.05) is 13.1 Å². The van der Waals surface area contributed by atoms with Gasteiger partial charge in [-0.15, -0.1) is 12.4 Å². The summed E-state index contributed by atoms with van der Waals surface area (Å²) >= 11 is 0. The Morgan fingerprint density at radius 1 is 0.850 bits per heavy atom. The molecule has 1 atom stereocenters. The van der Waals surface area contributed by atoms with Crippen LogP contribution in [0.5, 0.6) is 0 Å². The van der Waals surface area contributed by atoms with E-state index in [0.717, 1.165) is 19.7 Å². The fourth-order valence-electron chi connectivity index (χ4n) is 2.84. The van der Waals surface area contributed by atoms with Crippen molar-refractivity contribution in [3.63, 3.8) is 0 Å². The average Bonchev–Trinajstić information content (AvgIpc) is 2.46. The minimum absolute atomic E-state index is 0. The molecule has 0 spiro atoms. The molecular formula is C17H36ClNO. The minimum atomic E-state index is 0. The summed E-state index contributed by atoms with van der Waals surface area (Å²) in [5.74, 6) is 0. The Bertz CT molecular complexity index is 184. The molecule has 1 N–H and O–H groups in total. The lowest BCUT2D eigenvalue weighted by Crippen LogP contribution is -2.38. The number of hydrogen-bond donors (Lipinski definition) is 1. The Hall–Kier alpha value is 0.210. The fraction of sp³-hybridized carbons (Fsp3) is 1.00. The van der Waals surface area contributed by atoms with Gasteiger partial charge in [-0.2, -0.15) is 0 Å². The van der Waals surface area contributed by atoms with Crippen molar-refractivity contribution in [2.75, 3.05) is 19.7 Å². The maximum atomic E-state index is 5.71. The van der Waals surface area contributed by atoms with Crippen molar-refractivity contribution in [1.29, 1.82) is 0 Å². The van der Waals surface area contributed by atoms with Crippen LogP contribution in [0.2, 0.25) is 0 Å². The SMILES string of the molecule is CCCCCCCCCCCCCC1CNCCO1.Cl. The zero-order valence-electron chi connectivity index (χ0n) is 13.5. The van der Waals surface area contributed by atoms with Crippen LogP contribution in [0.15, 0.2) is 0 Å². The Labute approximate surface area is 132 Å². The van der Waals surface area contributed by atoms with Gasteiger partial charge in [-0.1, -0.05) is 77.6 Å². The molecule has 0 aliphatic carbocycles. The number of rotatable bonds is 12. The van der Waals surface area contributed by atoms with Crippen LogP contribution in [0, 0.1) is 0 Å². The van der Waals surface area contributed by atoms with Crippen molar-refractivity contribution in [1.82, 2.24) is 5.32 Å². The average molecular weight is 306 g/mol. The Balaban J connectivity index is 0.00000361. The highest BCUT2D eigenvalue weighted by Crippen LogP contribution is 2.13. The molecule has 0 aromatic rings. The van der Waals surface area contributed by atoms with E-state index in [9.17, 15) is 0 Å². The Morgan fingerprint density at radius 2 is 1.40 bits per heavy atom. The van der Waals surface area contributed by atoms with Gasteiger partial charge in [-0.25, -0.2) is 0 Å². The van der Waals surface area contributed by atoms with E-state index < -0.39 is 0 Å². The van der Waals surface area contributed by atoms with Gasteiger partial charge in [0.25, 0.3) is 0 Å². The molecule has 0 bridgehead atoms. The number of ether oxygens (including phenoxy) is 1. The second-order valence-corrected chi connectivity index (χ2v) is 6.02. The first-order valence-electron chi connectivity index (χ1n) is 8.76. The van der Waals surface area contributed by atoms with E-state index in [0.29, 0.717) is 6.10 Å². The lowest BCUT2D eigenvalue weighted by atomic mass is 10.0. The van der Waals surface area contributed by atoms with Gasteiger partial charge < -0.3 is 10.1 Å². The lowest BCUT2D eigenvalue weighted by Gasteiger charge is -2.23. The molecule has 1 rings (SSSR count). The molecular weight excluding hydrogens is 270 g/mol. The van der Waals surface area contributed by atoms with Crippen LogP contribution in [0.1, 0.15) is 84.0 Å². The first kappa shape index (κ1) is 20.2. The van der Waals surface area contributed by atoms with Gasteiger partial charge in [-0.3, -0.25) is 0 Å². The van der Waals surface area contributed by atoms with Crippen molar-refractivity contribution < 1.29 is 4.74 Å². The van der Waals surface area contributed by atoms with E-state index in [2.05, 4.69) is 12.2 Å². The van der Waals surface area contributed by atoms with Gasteiger partial charge in [0.1, 0.15) is 0 Å². The molecule has 1 saturated heterocycles. The van der Waals surface area contributed by atoms with Crippen LogP contribution >= 0.6 is 12.4 Å². The Kier molecular flexibility index (Phi) is 15.8. The summed E-state index contributed by atoms with van der Waals surface area (Å²) in [6.07, 6.45) is 17.4. The van der Waals surface area contributed by atoms with Crippen molar-refractivity contribution >= 4 is 12.4 Å². The minimum Gasteiger partial charge on any atom is -0.376 e. The van der Waals surface area contributed by atoms with Gasteiger partial charge in [0.2, 0.25) is 0 Å². The van der Waals surface area contributed by atoms with Crippen LogP contribution in [-0.4, -0.2) is 25.8 Å². The smallest absolute Gasteiger partial charge is 0.0700 e. The summed E-state index contributed by atoms with van der Waals surface area (Å²) < 4.78 is 5.71. The molecule has 0 radical (unpaired) electrons. The van der Waals surface area contributed by atoms with E-state index in [1.54, 1.807) is 0 Å². The zero-order chi connectivity index (χ0) is 13.6. The second-order valence-electron chi connectivity index (χ2n) is 6.02. The highest BCUT2D eigenvalue weighted by atomic mass is 35.5. The molecule has 1 unspecified atom stereocenters. The molecule has 3 heteroatoms. The second kappa shape index (κ2) is 15.6. The van der Waals surface area contributed by atoms with Gasteiger partial charge in [0.05, 0.1) is 12.7 Å². The monoisotopic (exact) mass is 305 g/mol. The fourth-order valence-corrected chi connectivity index (χ4v) is 2.84. The summed E-state index contributed by atoms with van der Waals surface area (Å²) in [5, 5.41) is 3.40. The molecule has 2 nitrogen and oxygen atoms in total. The summed E-state index contributed by atoms with van der Waals surface area (Å²) in [4.78, 5) is 0. The maximum absolute atomic E-state index is 5.71. The molecule has 1 aliphatic heterocycles. The molecule has 1 fully saturated rings. The maximum Gasteiger partial charge on any atom is 0.0700 e. The van der Waals surface area contributed by atoms with Crippen LogP contribution in [0.25, 0.3) is 0 Å². The number of unbranched alkanes of at least 4 members (excludes halogenated alkanes) is 10. The van der Waals surface area contributed by atoms with Crippen LogP contribution < -0.4 is 5.32 Å². The molecule has 1 heterocycles. The van der Waals surface area contributed by atoms with Crippen LogP contribution in [0.4, 0.5) is 0 Å².